The van der Waals surface area contributed by atoms with Gasteiger partial charge in [-0.15, -0.1) is 0 Å². The maximum absolute atomic E-state index is 12.6. The molecule has 114 valence electrons. The maximum atomic E-state index is 12.6. The van der Waals surface area contributed by atoms with Gasteiger partial charge in [0.05, 0.1) is 10.1 Å². The van der Waals surface area contributed by atoms with Crippen LogP contribution in [0.15, 0.2) is 29.2 Å². The molecule has 0 aromatic heterocycles. The summed E-state index contributed by atoms with van der Waals surface area (Å²) in [5.74, 6) is 0. The van der Waals surface area contributed by atoms with Crippen molar-refractivity contribution in [1.29, 1.82) is 0 Å². The molecule has 0 aliphatic carbocycles. The van der Waals surface area contributed by atoms with E-state index in [2.05, 4.69) is 26.1 Å². The zero-order valence-corrected chi connectivity index (χ0v) is 14.2. The van der Waals surface area contributed by atoms with Crippen LogP contribution in [0.2, 0.25) is 0 Å². The Kier molecular flexibility index (Phi) is 5.39. The van der Waals surface area contributed by atoms with E-state index in [0.717, 1.165) is 12.0 Å². The van der Waals surface area contributed by atoms with E-state index in [9.17, 15) is 8.42 Å². The Labute approximate surface area is 123 Å². The second kappa shape index (κ2) is 6.27. The highest BCUT2D eigenvalue weighted by Crippen LogP contribution is 2.25. The van der Waals surface area contributed by atoms with Crippen LogP contribution in [-0.2, 0) is 15.3 Å². The van der Waals surface area contributed by atoms with Crippen molar-refractivity contribution in [3.8, 4) is 0 Å². The minimum atomic E-state index is -3.29. The van der Waals surface area contributed by atoms with Crippen molar-refractivity contribution >= 4 is 9.84 Å². The summed E-state index contributed by atoms with van der Waals surface area (Å²) in [5.41, 5.74) is 1.18. The molecular weight excluding hydrogens is 270 g/mol. The molecule has 2 atom stereocenters. The van der Waals surface area contributed by atoms with E-state index >= 15 is 0 Å². The van der Waals surface area contributed by atoms with Gasteiger partial charge in [-0.2, -0.15) is 0 Å². The smallest absolute Gasteiger partial charge is 0.182 e. The largest absolute Gasteiger partial charge is 0.316 e. The van der Waals surface area contributed by atoms with Crippen LogP contribution in [-0.4, -0.2) is 26.8 Å². The van der Waals surface area contributed by atoms with E-state index in [1.54, 1.807) is 19.1 Å². The molecule has 0 bridgehead atoms. The van der Waals surface area contributed by atoms with E-state index in [1.165, 1.54) is 0 Å². The van der Waals surface area contributed by atoms with Crippen LogP contribution in [0.3, 0.4) is 0 Å². The Balaban J connectivity index is 3.11. The molecule has 4 heteroatoms. The first-order valence-electron chi connectivity index (χ1n) is 7.16. The molecular formula is C16H27NO2S. The molecule has 0 radical (unpaired) electrons. The summed E-state index contributed by atoms with van der Waals surface area (Å²) in [4.78, 5) is 0.409. The van der Waals surface area contributed by atoms with Crippen LogP contribution in [0.4, 0.5) is 0 Å². The second-order valence-electron chi connectivity index (χ2n) is 6.33. The van der Waals surface area contributed by atoms with Gasteiger partial charge < -0.3 is 5.32 Å². The zero-order chi connectivity index (χ0) is 15.6. The predicted molar refractivity (Wildman–Crippen MR) is 84.9 cm³/mol. The molecule has 2 unspecified atom stereocenters. The Hall–Kier alpha value is -0.870. The second-order valence-corrected chi connectivity index (χ2v) is 8.63. The van der Waals surface area contributed by atoms with Gasteiger partial charge in [0, 0.05) is 6.04 Å². The molecule has 3 nitrogen and oxygen atoms in total. The molecule has 1 aromatic rings. The van der Waals surface area contributed by atoms with E-state index in [-0.39, 0.29) is 11.5 Å². The van der Waals surface area contributed by atoms with Crippen LogP contribution in [0.25, 0.3) is 0 Å². The minimum Gasteiger partial charge on any atom is -0.316 e. The van der Waals surface area contributed by atoms with E-state index in [0.29, 0.717) is 4.90 Å². The third-order valence-electron chi connectivity index (χ3n) is 3.92. The first-order valence-corrected chi connectivity index (χ1v) is 8.71. The third kappa shape index (κ3) is 3.61. The topological polar surface area (TPSA) is 46.2 Å². The molecule has 0 saturated heterocycles. The Morgan fingerprint density at radius 2 is 1.65 bits per heavy atom. The standard InChI is InChI=1S/C16H27NO2S/c1-7-15(17-6)12(2)20(18,19)14-10-8-13(9-11-14)16(3,4)5/h8-12,15,17H,7H2,1-6H3. The molecule has 0 saturated carbocycles. The minimum absolute atomic E-state index is 0.0257. The Bertz CT molecular complexity index is 523. The lowest BCUT2D eigenvalue weighted by molar-refractivity contribution is 0.505. The van der Waals surface area contributed by atoms with Crippen molar-refractivity contribution in [3.05, 3.63) is 29.8 Å². The fourth-order valence-electron chi connectivity index (χ4n) is 2.35. The van der Waals surface area contributed by atoms with Crippen LogP contribution in [0.5, 0.6) is 0 Å². The number of hydrogen-bond donors (Lipinski definition) is 1. The molecule has 0 amide bonds. The molecule has 20 heavy (non-hydrogen) atoms. The van der Waals surface area contributed by atoms with Gasteiger partial charge in [-0.3, -0.25) is 0 Å². The average molecular weight is 297 g/mol. The third-order valence-corrected chi connectivity index (χ3v) is 6.15. The summed E-state index contributed by atoms with van der Waals surface area (Å²) in [6.07, 6.45) is 0.789. The van der Waals surface area contributed by atoms with Crippen molar-refractivity contribution < 1.29 is 8.42 Å². The number of benzene rings is 1. The lowest BCUT2D eigenvalue weighted by Gasteiger charge is -2.23. The number of hydrogen-bond acceptors (Lipinski definition) is 3. The number of nitrogens with one attached hydrogen (secondary N) is 1. The molecule has 0 aliphatic rings. The van der Waals surface area contributed by atoms with Crippen LogP contribution >= 0.6 is 0 Å². The first-order chi connectivity index (χ1) is 9.14. The van der Waals surface area contributed by atoms with Gasteiger partial charge >= 0.3 is 0 Å². The van der Waals surface area contributed by atoms with Crippen LogP contribution < -0.4 is 5.32 Å². The molecule has 0 heterocycles. The fourth-order valence-corrected chi connectivity index (χ4v) is 4.05. The molecule has 1 rings (SSSR count). The van der Waals surface area contributed by atoms with Gasteiger partial charge in [0.15, 0.2) is 9.84 Å². The highest BCUT2D eigenvalue weighted by Gasteiger charge is 2.29. The van der Waals surface area contributed by atoms with Crippen molar-refractivity contribution in [2.45, 2.75) is 62.6 Å². The lowest BCUT2D eigenvalue weighted by Crippen LogP contribution is -2.40. The van der Waals surface area contributed by atoms with Crippen LogP contribution in [0.1, 0.15) is 46.6 Å². The van der Waals surface area contributed by atoms with Crippen molar-refractivity contribution in [2.24, 2.45) is 0 Å². The highest BCUT2D eigenvalue weighted by atomic mass is 32.2. The fraction of sp³-hybridized carbons (Fsp3) is 0.625. The number of sulfone groups is 1. The van der Waals surface area contributed by atoms with Gasteiger partial charge in [0.25, 0.3) is 0 Å². The number of rotatable bonds is 5. The van der Waals surface area contributed by atoms with Gasteiger partial charge in [-0.1, -0.05) is 39.8 Å². The molecule has 0 spiro atoms. The quantitative estimate of drug-likeness (QED) is 0.908. The monoisotopic (exact) mass is 297 g/mol. The molecule has 0 fully saturated rings. The van der Waals surface area contributed by atoms with Gasteiger partial charge in [0.2, 0.25) is 0 Å². The van der Waals surface area contributed by atoms with Gasteiger partial charge in [-0.25, -0.2) is 8.42 Å². The Morgan fingerprint density at radius 3 is 2.00 bits per heavy atom. The van der Waals surface area contributed by atoms with E-state index in [4.69, 9.17) is 0 Å². The summed E-state index contributed by atoms with van der Waals surface area (Å²) in [7, 11) is -1.48. The van der Waals surface area contributed by atoms with Crippen molar-refractivity contribution in [3.63, 3.8) is 0 Å². The average Bonchev–Trinajstić information content (AvgIpc) is 2.39. The summed E-state index contributed by atoms with van der Waals surface area (Å²) in [6.45, 7) is 10.1. The molecule has 0 aliphatic heterocycles. The summed E-state index contributed by atoms with van der Waals surface area (Å²) in [6, 6.07) is 7.27. The predicted octanol–water partition coefficient (Wildman–Crippen LogP) is 3.14. The SMILES string of the molecule is CCC(NC)C(C)S(=O)(=O)c1ccc(C(C)(C)C)cc1. The van der Waals surface area contributed by atoms with Gasteiger partial charge in [-0.05, 0) is 43.5 Å². The normalized spacial score (nSPS) is 15.9. The first kappa shape index (κ1) is 17.2. The van der Waals surface area contributed by atoms with Crippen LogP contribution in [0, 0.1) is 0 Å². The lowest BCUT2D eigenvalue weighted by atomic mass is 9.87. The zero-order valence-electron chi connectivity index (χ0n) is 13.4. The summed E-state index contributed by atoms with van der Waals surface area (Å²) >= 11 is 0. The summed E-state index contributed by atoms with van der Waals surface area (Å²) in [5, 5.41) is 2.65. The van der Waals surface area contributed by atoms with Crippen molar-refractivity contribution in [2.75, 3.05) is 7.05 Å². The van der Waals surface area contributed by atoms with Gasteiger partial charge in [0.1, 0.15) is 0 Å². The summed E-state index contributed by atoms with van der Waals surface area (Å²) < 4.78 is 25.2. The molecule has 1 aromatic carbocycles. The highest BCUT2D eigenvalue weighted by molar-refractivity contribution is 7.92. The molecule has 1 N–H and O–H groups in total. The Morgan fingerprint density at radius 1 is 1.15 bits per heavy atom. The van der Waals surface area contributed by atoms with E-state index in [1.807, 2.05) is 26.1 Å². The maximum Gasteiger partial charge on any atom is 0.182 e. The van der Waals surface area contributed by atoms with Crippen molar-refractivity contribution in [1.82, 2.24) is 5.32 Å². The van der Waals surface area contributed by atoms with E-state index < -0.39 is 15.1 Å².